The monoisotopic (exact) mass is 184 g/mol. The molecular formula is C10H20OSi. The smallest absolute Gasteiger partial charge is 0.243 e. The second-order valence-electron chi connectivity index (χ2n) is 3.00. The maximum absolute atomic E-state index is 5.78. The fourth-order valence-electron chi connectivity index (χ4n) is 1.31. The van der Waals surface area contributed by atoms with Gasteiger partial charge in [0.2, 0.25) is 8.32 Å². The molecule has 0 aromatic rings. The molecular weight excluding hydrogens is 164 g/mol. The number of hydrogen-bond donors (Lipinski definition) is 0. The molecule has 0 radical (unpaired) electrons. The van der Waals surface area contributed by atoms with Crippen molar-refractivity contribution in [2.45, 2.75) is 32.7 Å². The maximum atomic E-state index is 5.78. The van der Waals surface area contributed by atoms with E-state index in [1.165, 1.54) is 0 Å². The molecule has 12 heavy (non-hydrogen) atoms. The van der Waals surface area contributed by atoms with Crippen molar-refractivity contribution < 1.29 is 4.43 Å². The van der Waals surface area contributed by atoms with Crippen molar-refractivity contribution in [1.29, 1.82) is 0 Å². The highest BCUT2D eigenvalue weighted by Crippen LogP contribution is 2.27. The van der Waals surface area contributed by atoms with Crippen LogP contribution in [0, 0.1) is 0 Å². The fourth-order valence-corrected chi connectivity index (χ4v) is 3.94. The van der Waals surface area contributed by atoms with Gasteiger partial charge in [-0.05, 0) is 12.5 Å². The topological polar surface area (TPSA) is 9.23 Å². The summed E-state index contributed by atoms with van der Waals surface area (Å²) in [6.07, 6.45) is 1.13. The van der Waals surface area contributed by atoms with Crippen LogP contribution in [0.3, 0.4) is 0 Å². The Labute approximate surface area is 77.3 Å². The molecule has 0 aromatic carbocycles. The van der Waals surface area contributed by atoms with Crippen LogP contribution >= 0.6 is 0 Å². The lowest BCUT2D eigenvalue weighted by Gasteiger charge is -2.29. The first-order valence-electron chi connectivity index (χ1n) is 4.58. The molecule has 0 spiro atoms. The molecule has 0 bridgehead atoms. The van der Waals surface area contributed by atoms with Crippen LogP contribution in [0.2, 0.25) is 5.54 Å². The molecule has 0 aliphatic carbocycles. The summed E-state index contributed by atoms with van der Waals surface area (Å²) < 4.78 is 5.78. The van der Waals surface area contributed by atoms with Crippen LogP contribution in [0.1, 0.15) is 27.2 Å². The third kappa shape index (κ3) is 2.32. The highest BCUT2D eigenvalue weighted by Gasteiger charge is 2.33. The largest absolute Gasteiger partial charge is 0.409 e. The van der Waals surface area contributed by atoms with Gasteiger partial charge in [0.15, 0.2) is 0 Å². The summed E-state index contributed by atoms with van der Waals surface area (Å²) in [5.74, 6) is 0. The maximum Gasteiger partial charge on any atom is 0.243 e. The number of rotatable bonds is 6. The highest BCUT2D eigenvalue weighted by atomic mass is 28.4. The van der Waals surface area contributed by atoms with Gasteiger partial charge < -0.3 is 4.43 Å². The lowest BCUT2D eigenvalue weighted by molar-refractivity contribution is 0.328. The highest BCUT2D eigenvalue weighted by molar-refractivity contribution is 6.84. The third-order valence-corrected chi connectivity index (χ3v) is 6.43. The standard InChI is InChI=1S/C10H20OSi/c1-6-10(5)12(8-3,9-4)11-7-2/h8-10H,3-4,6-7H2,1-2,5H3. The van der Waals surface area contributed by atoms with Gasteiger partial charge in [-0.15, -0.1) is 13.2 Å². The molecule has 1 unspecified atom stereocenters. The molecule has 0 aliphatic rings. The Morgan fingerprint density at radius 3 is 2.08 bits per heavy atom. The van der Waals surface area contributed by atoms with Gasteiger partial charge in [-0.2, -0.15) is 0 Å². The molecule has 2 heteroatoms. The minimum absolute atomic E-state index is 0.576. The van der Waals surface area contributed by atoms with Gasteiger partial charge in [-0.25, -0.2) is 0 Å². The van der Waals surface area contributed by atoms with Gasteiger partial charge in [-0.3, -0.25) is 0 Å². The van der Waals surface area contributed by atoms with Crippen molar-refractivity contribution in [3.63, 3.8) is 0 Å². The van der Waals surface area contributed by atoms with E-state index in [0.717, 1.165) is 13.0 Å². The SMILES string of the molecule is C=C[Si](C=C)(OCC)C(C)CC. The van der Waals surface area contributed by atoms with Gasteiger partial charge in [0.05, 0.1) is 0 Å². The van der Waals surface area contributed by atoms with Crippen LogP contribution in [0.5, 0.6) is 0 Å². The minimum Gasteiger partial charge on any atom is -0.409 e. The van der Waals surface area contributed by atoms with E-state index >= 15 is 0 Å². The van der Waals surface area contributed by atoms with Gasteiger partial charge in [0.25, 0.3) is 0 Å². The molecule has 0 saturated carbocycles. The lowest BCUT2D eigenvalue weighted by atomic mass is 10.4. The van der Waals surface area contributed by atoms with Crippen molar-refractivity contribution in [2.24, 2.45) is 0 Å². The summed E-state index contributed by atoms with van der Waals surface area (Å²) in [5.41, 5.74) is 4.54. The Kier molecular flexibility index (Phi) is 5.18. The van der Waals surface area contributed by atoms with Gasteiger partial charge >= 0.3 is 0 Å². The van der Waals surface area contributed by atoms with E-state index in [1.54, 1.807) is 0 Å². The molecule has 0 fully saturated rings. The molecule has 1 atom stereocenters. The van der Waals surface area contributed by atoms with E-state index in [4.69, 9.17) is 4.43 Å². The van der Waals surface area contributed by atoms with Crippen molar-refractivity contribution in [3.05, 3.63) is 24.6 Å². The molecule has 0 saturated heterocycles. The van der Waals surface area contributed by atoms with E-state index in [1.807, 2.05) is 18.3 Å². The average molecular weight is 184 g/mol. The molecule has 70 valence electrons. The number of hydrogen-bond acceptors (Lipinski definition) is 1. The van der Waals surface area contributed by atoms with Crippen LogP contribution in [-0.2, 0) is 4.43 Å². The molecule has 0 amide bonds. The summed E-state index contributed by atoms with van der Waals surface area (Å²) in [5, 5.41) is 0. The van der Waals surface area contributed by atoms with Crippen LogP contribution in [0.4, 0.5) is 0 Å². The van der Waals surface area contributed by atoms with E-state index in [2.05, 4.69) is 27.0 Å². The van der Waals surface area contributed by atoms with Crippen LogP contribution in [-0.4, -0.2) is 14.9 Å². The first-order valence-corrected chi connectivity index (χ1v) is 6.72. The van der Waals surface area contributed by atoms with Crippen molar-refractivity contribution in [3.8, 4) is 0 Å². The van der Waals surface area contributed by atoms with Gasteiger partial charge in [0, 0.05) is 6.61 Å². The zero-order valence-electron chi connectivity index (χ0n) is 8.47. The second kappa shape index (κ2) is 5.33. The second-order valence-corrected chi connectivity index (χ2v) is 6.80. The fraction of sp³-hybridized carbons (Fsp3) is 0.600. The summed E-state index contributed by atoms with van der Waals surface area (Å²) in [6, 6.07) is 0. The van der Waals surface area contributed by atoms with Crippen molar-refractivity contribution in [1.82, 2.24) is 0 Å². The molecule has 0 N–H and O–H groups in total. The predicted octanol–water partition coefficient (Wildman–Crippen LogP) is 3.22. The molecule has 1 nitrogen and oxygen atoms in total. The normalized spacial score (nSPS) is 13.9. The van der Waals surface area contributed by atoms with Crippen molar-refractivity contribution >= 4 is 8.32 Å². The van der Waals surface area contributed by atoms with E-state index in [-0.39, 0.29) is 0 Å². The first-order chi connectivity index (χ1) is 5.66. The Balaban J connectivity index is 4.55. The Morgan fingerprint density at radius 2 is 1.83 bits per heavy atom. The zero-order valence-corrected chi connectivity index (χ0v) is 9.47. The Hall–Kier alpha value is -0.343. The third-order valence-electron chi connectivity index (χ3n) is 2.42. The summed E-state index contributed by atoms with van der Waals surface area (Å²) in [7, 11) is -1.82. The molecule has 0 heterocycles. The van der Waals surface area contributed by atoms with Gasteiger partial charge in [0.1, 0.15) is 0 Å². The summed E-state index contributed by atoms with van der Waals surface area (Å²) >= 11 is 0. The van der Waals surface area contributed by atoms with E-state index < -0.39 is 8.32 Å². The quantitative estimate of drug-likeness (QED) is 0.576. The van der Waals surface area contributed by atoms with Crippen LogP contribution in [0.25, 0.3) is 0 Å². The summed E-state index contributed by atoms with van der Waals surface area (Å²) in [6.45, 7) is 14.9. The first kappa shape index (κ1) is 11.7. The van der Waals surface area contributed by atoms with E-state index in [9.17, 15) is 0 Å². The lowest BCUT2D eigenvalue weighted by Crippen LogP contribution is -2.38. The predicted molar refractivity (Wildman–Crippen MR) is 57.5 cm³/mol. The van der Waals surface area contributed by atoms with Gasteiger partial charge in [-0.1, -0.05) is 31.7 Å². The van der Waals surface area contributed by atoms with Crippen molar-refractivity contribution in [2.75, 3.05) is 6.61 Å². The Morgan fingerprint density at radius 1 is 1.33 bits per heavy atom. The van der Waals surface area contributed by atoms with E-state index in [0.29, 0.717) is 5.54 Å². The molecule has 0 rings (SSSR count). The molecule has 0 aliphatic heterocycles. The van der Waals surface area contributed by atoms with Crippen LogP contribution in [0.15, 0.2) is 24.6 Å². The summed E-state index contributed by atoms with van der Waals surface area (Å²) in [4.78, 5) is 0. The van der Waals surface area contributed by atoms with Crippen LogP contribution < -0.4 is 0 Å². The molecule has 0 aromatic heterocycles. The Bertz CT molecular complexity index is 146. The minimum atomic E-state index is -1.82. The zero-order chi connectivity index (χ0) is 9.61. The average Bonchev–Trinajstić information content (AvgIpc) is 2.13.